The molecule has 0 fully saturated rings. The van der Waals surface area contributed by atoms with Crippen molar-refractivity contribution in [2.75, 3.05) is 26.9 Å². The molecule has 0 spiro atoms. The number of hydrogen-bond donors (Lipinski definition) is 0. The van der Waals surface area contributed by atoms with Gasteiger partial charge < -0.3 is 13.6 Å². The number of rotatable bonds is 9. The fraction of sp³-hybridized carbons (Fsp3) is 0.526. The zero-order chi connectivity index (χ0) is 23.2. The summed E-state index contributed by atoms with van der Waals surface area (Å²) in [4.78, 5) is 22.6. The maximum atomic E-state index is 13.3. The SMILES string of the molecule is CCO[Si](C)(OCC)C1=CC[C@@H](C(=O)OC)N(S(=O)(=O)c2ccc([N+](=O)[O-])cc2)CC1. The molecule has 1 aliphatic rings. The van der Waals surface area contributed by atoms with E-state index in [9.17, 15) is 23.3 Å². The maximum absolute atomic E-state index is 13.3. The van der Waals surface area contributed by atoms with Crippen molar-refractivity contribution in [1.29, 1.82) is 0 Å². The Morgan fingerprint density at radius 1 is 1.23 bits per heavy atom. The van der Waals surface area contributed by atoms with Gasteiger partial charge in [0, 0.05) is 31.9 Å². The van der Waals surface area contributed by atoms with Gasteiger partial charge >= 0.3 is 14.5 Å². The molecule has 1 heterocycles. The number of ether oxygens (including phenoxy) is 1. The minimum absolute atomic E-state index is 0.0215. The quantitative estimate of drug-likeness (QED) is 0.232. The second-order valence-corrected chi connectivity index (χ2v) is 11.9. The number of benzene rings is 1. The summed E-state index contributed by atoms with van der Waals surface area (Å²) in [7, 11) is -5.64. The normalized spacial score (nSPS) is 18.2. The molecule has 0 radical (unpaired) electrons. The molecule has 0 saturated heterocycles. The molecule has 0 unspecified atom stereocenters. The van der Waals surface area contributed by atoms with Crippen LogP contribution < -0.4 is 0 Å². The van der Waals surface area contributed by atoms with Gasteiger partial charge in [0.2, 0.25) is 10.0 Å². The molecular formula is C19H28N2O8SSi. The van der Waals surface area contributed by atoms with Gasteiger partial charge in [-0.15, -0.1) is 0 Å². The van der Waals surface area contributed by atoms with Crippen LogP contribution >= 0.6 is 0 Å². The molecule has 0 bridgehead atoms. The minimum Gasteiger partial charge on any atom is -0.468 e. The molecule has 12 heteroatoms. The molecule has 0 saturated carbocycles. The molecule has 2 rings (SSSR count). The Balaban J connectivity index is 2.42. The van der Waals surface area contributed by atoms with Crippen LogP contribution in [-0.4, -0.2) is 65.1 Å². The fourth-order valence-electron chi connectivity index (χ4n) is 3.56. The monoisotopic (exact) mass is 472 g/mol. The third kappa shape index (κ3) is 5.57. The summed E-state index contributed by atoms with van der Waals surface area (Å²) in [5.74, 6) is -0.681. The number of esters is 1. The lowest BCUT2D eigenvalue weighted by molar-refractivity contribution is -0.384. The summed E-state index contributed by atoms with van der Waals surface area (Å²) in [6.07, 6.45) is 2.27. The second kappa shape index (κ2) is 10.5. The Bertz CT molecular complexity index is 927. The Morgan fingerprint density at radius 3 is 2.29 bits per heavy atom. The van der Waals surface area contributed by atoms with E-state index < -0.39 is 35.5 Å². The highest BCUT2D eigenvalue weighted by Gasteiger charge is 2.42. The van der Waals surface area contributed by atoms with Crippen molar-refractivity contribution in [3.63, 3.8) is 0 Å². The highest BCUT2D eigenvalue weighted by atomic mass is 32.2. The van der Waals surface area contributed by atoms with Crippen molar-refractivity contribution in [3.05, 3.63) is 45.7 Å². The Morgan fingerprint density at radius 2 is 1.81 bits per heavy atom. The van der Waals surface area contributed by atoms with E-state index in [1.165, 1.54) is 19.2 Å². The molecule has 0 aliphatic carbocycles. The molecule has 172 valence electrons. The first kappa shape index (κ1) is 25.1. The number of methoxy groups -OCH3 is 1. The maximum Gasteiger partial charge on any atom is 0.364 e. The molecule has 1 aromatic rings. The van der Waals surface area contributed by atoms with Crippen molar-refractivity contribution in [2.45, 2.75) is 44.2 Å². The highest BCUT2D eigenvalue weighted by Crippen LogP contribution is 2.30. The van der Waals surface area contributed by atoms with Gasteiger partial charge in [-0.3, -0.25) is 14.9 Å². The highest BCUT2D eigenvalue weighted by molar-refractivity contribution is 7.89. The van der Waals surface area contributed by atoms with Gasteiger partial charge in [0.25, 0.3) is 5.69 Å². The van der Waals surface area contributed by atoms with Gasteiger partial charge in [-0.1, -0.05) is 6.08 Å². The van der Waals surface area contributed by atoms with Gasteiger partial charge in [-0.25, -0.2) is 8.42 Å². The van der Waals surface area contributed by atoms with Crippen LogP contribution in [0, 0.1) is 10.1 Å². The van der Waals surface area contributed by atoms with Crippen LogP contribution in [0.3, 0.4) is 0 Å². The number of nitrogens with zero attached hydrogens (tertiary/aromatic N) is 2. The Hall–Kier alpha value is -2.12. The van der Waals surface area contributed by atoms with E-state index in [1.807, 2.05) is 26.5 Å². The van der Waals surface area contributed by atoms with Crippen molar-refractivity contribution in [3.8, 4) is 0 Å². The van der Waals surface area contributed by atoms with Crippen molar-refractivity contribution in [1.82, 2.24) is 4.31 Å². The van der Waals surface area contributed by atoms with E-state index in [4.69, 9.17) is 13.6 Å². The van der Waals surface area contributed by atoms with E-state index in [0.717, 1.165) is 21.6 Å². The first-order chi connectivity index (χ1) is 14.6. The number of non-ortho nitro benzene ring substituents is 1. The van der Waals surface area contributed by atoms with Gasteiger partial charge in [0.1, 0.15) is 6.04 Å². The zero-order valence-corrected chi connectivity index (χ0v) is 19.9. The third-order valence-electron chi connectivity index (χ3n) is 5.09. The zero-order valence-electron chi connectivity index (χ0n) is 18.1. The number of carbonyl (C=O) groups is 1. The number of hydrogen-bond acceptors (Lipinski definition) is 8. The Kier molecular flexibility index (Phi) is 8.48. The van der Waals surface area contributed by atoms with Gasteiger partial charge in [0.05, 0.1) is 16.9 Å². The molecule has 10 nitrogen and oxygen atoms in total. The van der Waals surface area contributed by atoms with E-state index in [-0.39, 0.29) is 23.5 Å². The largest absolute Gasteiger partial charge is 0.468 e. The summed E-state index contributed by atoms with van der Waals surface area (Å²) < 4.78 is 44.5. The van der Waals surface area contributed by atoms with Gasteiger partial charge in [0.15, 0.2) is 0 Å². The van der Waals surface area contributed by atoms with Crippen LogP contribution in [0.2, 0.25) is 6.55 Å². The van der Waals surface area contributed by atoms with Crippen LogP contribution in [0.25, 0.3) is 0 Å². The smallest absolute Gasteiger partial charge is 0.364 e. The average molecular weight is 473 g/mol. The minimum atomic E-state index is -4.12. The molecular weight excluding hydrogens is 444 g/mol. The molecule has 0 aromatic heterocycles. The van der Waals surface area contributed by atoms with Crippen LogP contribution in [0.5, 0.6) is 0 Å². The number of sulfonamides is 1. The lowest BCUT2D eigenvalue weighted by Crippen LogP contribution is -2.45. The number of carbonyl (C=O) groups excluding carboxylic acids is 1. The fourth-order valence-corrected chi connectivity index (χ4v) is 7.76. The second-order valence-electron chi connectivity index (χ2n) is 6.93. The molecule has 31 heavy (non-hydrogen) atoms. The first-order valence-corrected chi connectivity index (χ1v) is 13.7. The van der Waals surface area contributed by atoms with E-state index >= 15 is 0 Å². The Labute approximate surface area is 183 Å². The summed E-state index contributed by atoms with van der Waals surface area (Å²) in [5.41, 5.74) is -0.224. The molecule has 1 aromatic carbocycles. The summed E-state index contributed by atoms with van der Waals surface area (Å²) >= 11 is 0. The lowest BCUT2D eigenvalue weighted by atomic mass is 10.2. The van der Waals surface area contributed by atoms with Crippen molar-refractivity contribution in [2.24, 2.45) is 0 Å². The summed E-state index contributed by atoms with van der Waals surface area (Å²) in [6, 6.07) is 3.51. The van der Waals surface area contributed by atoms with Crippen LogP contribution in [0.15, 0.2) is 40.4 Å². The summed E-state index contributed by atoms with van der Waals surface area (Å²) in [5, 5.41) is 11.8. The predicted molar refractivity (Wildman–Crippen MR) is 115 cm³/mol. The number of nitro benzene ring substituents is 1. The number of nitro groups is 1. The van der Waals surface area contributed by atoms with Crippen molar-refractivity contribution >= 4 is 30.2 Å². The predicted octanol–water partition coefficient (Wildman–Crippen LogP) is 2.53. The lowest BCUT2D eigenvalue weighted by Gasteiger charge is -2.29. The van der Waals surface area contributed by atoms with E-state index in [0.29, 0.717) is 19.6 Å². The molecule has 0 N–H and O–H groups in total. The standard InChI is InChI=1S/C19H28N2O8SSi/c1-5-28-31(4,29-6-2)17-11-12-18(19(22)27-3)20(14-13-17)30(25,26)16-9-7-15(8-10-16)21(23)24/h7-11,18H,5-6,12-14H2,1-4H3/t18-/m0/s1. The molecule has 0 amide bonds. The van der Waals surface area contributed by atoms with Crippen LogP contribution in [-0.2, 0) is 28.4 Å². The molecule has 1 atom stereocenters. The van der Waals surface area contributed by atoms with Crippen molar-refractivity contribution < 1.29 is 31.7 Å². The van der Waals surface area contributed by atoms with Crippen LogP contribution in [0.1, 0.15) is 26.7 Å². The first-order valence-electron chi connectivity index (χ1n) is 9.92. The average Bonchev–Trinajstić information content (AvgIpc) is 2.97. The van der Waals surface area contributed by atoms with Crippen LogP contribution in [0.4, 0.5) is 5.69 Å². The molecule has 1 aliphatic heterocycles. The van der Waals surface area contributed by atoms with Gasteiger partial charge in [-0.2, -0.15) is 4.31 Å². The van der Waals surface area contributed by atoms with Gasteiger partial charge in [-0.05, 0) is 50.6 Å². The van der Waals surface area contributed by atoms with E-state index in [2.05, 4.69) is 0 Å². The third-order valence-corrected chi connectivity index (χ3v) is 10.3. The van der Waals surface area contributed by atoms with E-state index in [1.54, 1.807) is 0 Å². The topological polar surface area (TPSA) is 125 Å². The summed E-state index contributed by atoms with van der Waals surface area (Å²) in [6.45, 7) is 6.55.